The fraction of sp³-hybridized carbons (Fsp3) is 0.300. The third-order valence-electron chi connectivity index (χ3n) is 5.38. The highest BCUT2D eigenvalue weighted by molar-refractivity contribution is 7.02. The lowest BCUT2D eigenvalue weighted by atomic mass is 10.3. The van der Waals surface area contributed by atoms with Gasteiger partial charge in [-0.3, -0.25) is 0 Å². The van der Waals surface area contributed by atoms with Gasteiger partial charge in [0, 0.05) is 12.1 Å². The summed E-state index contributed by atoms with van der Waals surface area (Å²) in [6, 6.07) is 25.2. The van der Waals surface area contributed by atoms with E-state index in [1.54, 1.807) is 10.4 Å². The summed E-state index contributed by atoms with van der Waals surface area (Å²) in [5, 5.41) is 3.21. The summed E-state index contributed by atoms with van der Waals surface area (Å²) in [6.07, 6.45) is 2.08. The van der Waals surface area contributed by atoms with Crippen molar-refractivity contribution in [2.45, 2.75) is 12.1 Å². The first kappa shape index (κ1) is 18.2. The first-order valence-electron chi connectivity index (χ1n) is 8.24. The lowest BCUT2D eigenvalue weighted by molar-refractivity contribution is -0.902. The van der Waals surface area contributed by atoms with Crippen molar-refractivity contribution in [1.82, 2.24) is 0 Å². The topological polar surface area (TPSA) is 0 Å². The molecule has 0 radical (unpaired) electrons. The molecule has 0 aromatic heterocycles. The van der Waals surface area contributed by atoms with Gasteiger partial charge in [0.05, 0.1) is 26.7 Å². The minimum Gasteiger partial charge on any atom is -1.00 e. The van der Waals surface area contributed by atoms with Gasteiger partial charge in [-0.1, -0.05) is 77.6 Å². The summed E-state index contributed by atoms with van der Waals surface area (Å²) in [5.41, 5.74) is 0. The van der Waals surface area contributed by atoms with Crippen molar-refractivity contribution < 1.29 is 21.5 Å². The van der Waals surface area contributed by atoms with Crippen LogP contribution in [0.15, 0.2) is 73.3 Å². The number of benzene rings is 2. The van der Waals surface area contributed by atoms with Crippen LogP contribution < -0.4 is 27.4 Å². The predicted molar refractivity (Wildman–Crippen MR) is 98.5 cm³/mol. The quantitative estimate of drug-likeness (QED) is 0.390. The van der Waals surface area contributed by atoms with E-state index in [0.717, 1.165) is 11.0 Å². The molecule has 0 amide bonds. The molecule has 1 aliphatic heterocycles. The minimum absolute atomic E-state index is 0. The zero-order chi connectivity index (χ0) is 15.5. The number of hydrogen-bond acceptors (Lipinski definition) is 0. The standard InChI is InChI=1S/C20H26NSi.BrH/c1-3-14-21(2)15-17-22(18-16-21,19-10-6-4-7-11-19)20-12-8-5-9-13-20;/h3-13H,1,14-18H2,2H3;1H/q+1;/p-1. The van der Waals surface area contributed by atoms with Crippen molar-refractivity contribution in [2.75, 3.05) is 26.7 Å². The van der Waals surface area contributed by atoms with Gasteiger partial charge in [-0.25, -0.2) is 0 Å². The summed E-state index contributed by atoms with van der Waals surface area (Å²) in [5.74, 6) is 0. The summed E-state index contributed by atoms with van der Waals surface area (Å²) in [6.45, 7) is 7.57. The second-order valence-corrected chi connectivity index (χ2v) is 11.2. The van der Waals surface area contributed by atoms with E-state index in [0.29, 0.717) is 0 Å². The summed E-state index contributed by atoms with van der Waals surface area (Å²) >= 11 is 0. The SMILES string of the molecule is C=CC[N+]1(C)CC[Si](c2ccccc2)(c2ccccc2)CC1.[Br-]. The van der Waals surface area contributed by atoms with E-state index < -0.39 is 8.07 Å². The second-order valence-electron chi connectivity index (χ2n) is 6.85. The van der Waals surface area contributed by atoms with Crippen LogP contribution >= 0.6 is 0 Å². The van der Waals surface area contributed by atoms with E-state index in [2.05, 4.69) is 80.4 Å². The molecule has 0 saturated carbocycles. The average molecular weight is 388 g/mol. The van der Waals surface area contributed by atoms with Crippen molar-refractivity contribution in [3.8, 4) is 0 Å². The first-order chi connectivity index (χ1) is 10.7. The third kappa shape index (κ3) is 3.68. The first-order valence-corrected chi connectivity index (χ1v) is 10.7. The summed E-state index contributed by atoms with van der Waals surface area (Å²) in [4.78, 5) is 0. The molecule has 3 rings (SSSR count). The smallest absolute Gasteiger partial charge is 0.129 e. The number of quaternary nitrogens is 1. The Morgan fingerprint density at radius 1 is 0.913 bits per heavy atom. The molecule has 0 aliphatic carbocycles. The molecule has 23 heavy (non-hydrogen) atoms. The van der Waals surface area contributed by atoms with E-state index >= 15 is 0 Å². The monoisotopic (exact) mass is 387 g/mol. The van der Waals surface area contributed by atoms with E-state index in [4.69, 9.17) is 0 Å². The van der Waals surface area contributed by atoms with Crippen LogP contribution in [0.25, 0.3) is 0 Å². The normalized spacial score (nSPS) is 18.7. The van der Waals surface area contributed by atoms with Gasteiger partial charge in [-0.15, -0.1) is 0 Å². The summed E-state index contributed by atoms with van der Waals surface area (Å²) in [7, 11) is 0.782. The van der Waals surface area contributed by atoms with Gasteiger partial charge < -0.3 is 21.5 Å². The molecule has 2 aromatic rings. The molecule has 1 aliphatic rings. The van der Waals surface area contributed by atoms with Crippen LogP contribution in [0.2, 0.25) is 12.1 Å². The third-order valence-corrected chi connectivity index (χ3v) is 10.4. The molecule has 3 heteroatoms. The maximum Gasteiger partial charge on any atom is 0.129 e. The maximum absolute atomic E-state index is 3.95. The number of likely N-dealkylation sites (N-methyl/N-ethyl adjacent to an activating group) is 1. The maximum atomic E-state index is 3.95. The lowest BCUT2D eigenvalue weighted by Crippen LogP contribution is -3.00. The minimum atomic E-state index is -1.60. The predicted octanol–water partition coefficient (Wildman–Crippen LogP) is -0.100. The largest absolute Gasteiger partial charge is 1.00 e. The Kier molecular flexibility index (Phi) is 6.01. The molecule has 1 fully saturated rings. The van der Waals surface area contributed by atoms with Gasteiger partial charge in [0.25, 0.3) is 0 Å². The fourth-order valence-corrected chi connectivity index (χ4v) is 9.15. The van der Waals surface area contributed by atoms with E-state index in [-0.39, 0.29) is 17.0 Å². The molecule has 1 heterocycles. The molecule has 1 saturated heterocycles. The molecular formula is C20H26BrNSi. The molecule has 1 nitrogen and oxygen atoms in total. The van der Waals surface area contributed by atoms with Crippen LogP contribution in [0.3, 0.4) is 0 Å². The van der Waals surface area contributed by atoms with Gasteiger partial charge >= 0.3 is 0 Å². The van der Waals surface area contributed by atoms with E-state index in [9.17, 15) is 0 Å². The van der Waals surface area contributed by atoms with Crippen LogP contribution in [0, 0.1) is 0 Å². The Balaban J connectivity index is 0.00000192. The molecule has 2 aromatic carbocycles. The van der Waals surface area contributed by atoms with Crippen molar-refractivity contribution in [3.05, 3.63) is 73.3 Å². The van der Waals surface area contributed by atoms with Crippen LogP contribution in [0.1, 0.15) is 0 Å². The number of nitrogens with zero attached hydrogens (tertiary/aromatic N) is 1. The summed E-state index contributed by atoms with van der Waals surface area (Å²) < 4.78 is 1.15. The highest BCUT2D eigenvalue weighted by Crippen LogP contribution is 2.26. The molecule has 0 unspecified atom stereocenters. The Hall–Kier alpha value is -1.16. The Morgan fingerprint density at radius 2 is 1.35 bits per heavy atom. The van der Waals surface area contributed by atoms with Crippen LogP contribution in [-0.2, 0) is 0 Å². The van der Waals surface area contributed by atoms with Crippen LogP contribution in [-0.4, -0.2) is 39.2 Å². The molecule has 0 spiro atoms. The van der Waals surface area contributed by atoms with Gasteiger partial charge in [-0.2, -0.15) is 0 Å². The fourth-order valence-electron chi connectivity index (χ4n) is 3.91. The highest BCUT2D eigenvalue weighted by atomic mass is 79.9. The molecule has 122 valence electrons. The number of halogens is 1. The zero-order valence-electron chi connectivity index (χ0n) is 13.9. The van der Waals surface area contributed by atoms with Gasteiger partial charge in [0.15, 0.2) is 0 Å². The van der Waals surface area contributed by atoms with Crippen molar-refractivity contribution >= 4 is 18.4 Å². The highest BCUT2D eigenvalue weighted by Gasteiger charge is 2.44. The zero-order valence-corrected chi connectivity index (χ0v) is 16.5. The van der Waals surface area contributed by atoms with Crippen LogP contribution in [0.4, 0.5) is 0 Å². The second kappa shape index (κ2) is 7.60. The van der Waals surface area contributed by atoms with Crippen molar-refractivity contribution in [1.29, 1.82) is 0 Å². The van der Waals surface area contributed by atoms with Gasteiger partial charge in [-0.05, 0) is 6.08 Å². The van der Waals surface area contributed by atoms with Gasteiger partial charge in [0.2, 0.25) is 0 Å². The average Bonchev–Trinajstić information content (AvgIpc) is 2.58. The molecule has 0 bridgehead atoms. The molecular weight excluding hydrogens is 362 g/mol. The van der Waals surface area contributed by atoms with E-state index in [1.165, 1.54) is 25.2 Å². The Labute approximate surface area is 152 Å². The van der Waals surface area contributed by atoms with Crippen molar-refractivity contribution in [2.24, 2.45) is 0 Å². The van der Waals surface area contributed by atoms with Gasteiger partial charge in [0.1, 0.15) is 8.07 Å². The lowest BCUT2D eigenvalue weighted by Gasteiger charge is -2.45. The number of rotatable bonds is 4. The van der Waals surface area contributed by atoms with E-state index in [1.807, 2.05) is 0 Å². The Morgan fingerprint density at radius 3 is 1.74 bits per heavy atom. The molecule has 0 atom stereocenters. The number of hydrogen-bond donors (Lipinski definition) is 0. The van der Waals surface area contributed by atoms with Crippen LogP contribution in [0.5, 0.6) is 0 Å². The molecule has 0 N–H and O–H groups in total. The van der Waals surface area contributed by atoms with Crippen molar-refractivity contribution in [3.63, 3.8) is 0 Å². The Bertz CT molecular complexity index is 577.